The molecule has 1 fully saturated rings. The molecular weight excluding hydrogens is 196 g/mol. The summed E-state index contributed by atoms with van der Waals surface area (Å²) >= 11 is 0. The van der Waals surface area contributed by atoms with Crippen molar-refractivity contribution in [3.05, 3.63) is 29.8 Å². The molecule has 1 aromatic rings. The summed E-state index contributed by atoms with van der Waals surface area (Å²) < 4.78 is 0. The van der Waals surface area contributed by atoms with Gasteiger partial charge in [0.1, 0.15) is 11.3 Å². The lowest BCUT2D eigenvalue weighted by Gasteiger charge is -2.20. The van der Waals surface area contributed by atoms with Gasteiger partial charge in [-0.25, -0.2) is 4.79 Å². The lowest BCUT2D eigenvalue weighted by molar-refractivity contribution is -0.123. The normalized spacial score (nSPS) is 24.9. The van der Waals surface area contributed by atoms with Crippen LogP contribution in [0.5, 0.6) is 5.75 Å². The van der Waals surface area contributed by atoms with E-state index >= 15 is 0 Å². The third-order valence-electron chi connectivity index (χ3n) is 2.49. The first-order valence-electron chi connectivity index (χ1n) is 4.45. The van der Waals surface area contributed by atoms with Gasteiger partial charge < -0.3 is 10.4 Å². The Morgan fingerprint density at radius 1 is 1.20 bits per heavy atom. The Hall–Kier alpha value is -2.04. The zero-order valence-corrected chi connectivity index (χ0v) is 8.07. The predicted octanol–water partition coefficient (Wildman–Crippen LogP) is 0.447. The summed E-state index contributed by atoms with van der Waals surface area (Å²) in [5, 5.41) is 13.8. The molecule has 2 rings (SSSR count). The van der Waals surface area contributed by atoms with Gasteiger partial charge in [-0.3, -0.25) is 10.1 Å². The van der Waals surface area contributed by atoms with E-state index < -0.39 is 17.5 Å². The van der Waals surface area contributed by atoms with E-state index in [0.29, 0.717) is 5.56 Å². The van der Waals surface area contributed by atoms with Gasteiger partial charge in [-0.2, -0.15) is 0 Å². The van der Waals surface area contributed by atoms with Crippen LogP contribution >= 0.6 is 0 Å². The van der Waals surface area contributed by atoms with E-state index in [0.717, 1.165) is 0 Å². The Labute approximate surface area is 86.1 Å². The SMILES string of the molecule is CC1(c2ccc(O)cc2)NC(=O)NC1=O. The second kappa shape index (κ2) is 2.98. The highest BCUT2D eigenvalue weighted by Gasteiger charge is 2.43. The van der Waals surface area contributed by atoms with Gasteiger partial charge in [0.2, 0.25) is 0 Å². The van der Waals surface area contributed by atoms with Crippen molar-refractivity contribution in [2.24, 2.45) is 0 Å². The van der Waals surface area contributed by atoms with Gasteiger partial charge in [0.15, 0.2) is 0 Å². The van der Waals surface area contributed by atoms with E-state index in [1.165, 1.54) is 12.1 Å². The highest BCUT2D eigenvalue weighted by Crippen LogP contribution is 2.25. The van der Waals surface area contributed by atoms with Gasteiger partial charge in [-0.1, -0.05) is 12.1 Å². The number of imide groups is 1. The minimum absolute atomic E-state index is 0.118. The van der Waals surface area contributed by atoms with Crippen LogP contribution in [-0.2, 0) is 10.3 Å². The van der Waals surface area contributed by atoms with Crippen molar-refractivity contribution in [1.29, 1.82) is 0 Å². The number of benzene rings is 1. The van der Waals surface area contributed by atoms with Crippen LogP contribution < -0.4 is 10.6 Å². The first-order valence-corrected chi connectivity index (χ1v) is 4.45. The molecule has 0 radical (unpaired) electrons. The summed E-state index contributed by atoms with van der Waals surface area (Å²) in [5.41, 5.74) is -0.422. The second-order valence-electron chi connectivity index (χ2n) is 3.58. The van der Waals surface area contributed by atoms with Gasteiger partial charge in [0.25, 0.3) is 5.91 Å². The van der Waals surface area contributed by atoms with E-state index in [2.05, 4.69) is 10.6 Å². The average molecular weight is 206 g/mol. The molecule has 0 spiro atoms. The zero-order chi connectivity index (χ0) is 11.1. The van der Waals surface area contributed by atoms with E-state index in [1.807, 2.05) is 0 Å². The fourth-order valence-electron chi connectivity index (χ4n) is 1.54. The molecule has 1 saturated heterocycles. The first kappa shape index (κ1) is 9.51. The van der Waals surface area contributed by atoms with E-state index in [4.69, 9.17) is 5.11 Å². The van der Waals surface area contributed by atoms with Crippen molar-refractivity contribution < 1.29 is 14.7 Å². The van der Waals surface area contributed by atoms with Gasteiger partial charge in [-0.05, 0) is 24.6 Å². The molecule has 0 aromatic heterocycles. The van der Waals surface area contributed by atoms with Crippen LogP contribution in [0.15, 0.2) is 24.3 Å². The predicted molar refractivity (Wildman–Crippen MR) is 52.1 cm³/mol. The Kier molecular flexibility index (Phi) is 1.89. The summed E-state index contributed by atoms with van der Waals surface area (Å²) in [6, 6.07) is 5.63. The van der Waals surface area contributed by atoms with Crippen LogP contribution in [0.2, 0.25) is 0 Å². The van der Waals surface area contributed by atoms with Crippen molar-refractivity contribution in [3.8, 4) is 5.75 Å². The fraction of sp³-hybridized carbons (Fsp3) is 0.200. The minimum atomic E-state index is -1.05. The van der Waals surface area contributed by atoms with Crippen molar-refractivity contribution in [2.75, 3.05) is 0 Å². The molecule has 5 nitrogen and oxygen atoms in total. The van der Waals surface area contributed by atoms with Gasteiger partial charge in [0, 0.05) is 0 Å². The number of urea groups is 1. The summed E-state index contributed by atoms with van der Waals surface area (Å²) in [6.07, 6.45) is 0. The first-order chi connectivity index (χ1) is 7.02. The van der Waals surface area contributed by atoms with Crippen molar-refractivity contribution in [2.45, 2.75) is 12.5 Å². The Morgan fingerprint density at radius 2 is 1.80 bits per heavy atom. The molecule has 3 amide bonds. The number of phenols is 1. The molecule has 0 aliphatic carbocycles. The van der Waals surface area contributed by atoms with E-state index in [9.17, 15) is 9.59 Å². The van der Waals surface area contributed by atoms with Crippen LogP contribution in [-0.4, -0.2) is 17.0 Å². The van der Waals surface area contributed by atoms with Crippen LogP contribution in [0.25, 0.3) is 0 Å². The smallest absolute Gasteiger partial charge is 0.322 e. The van der Waals surface area contributed by atoms with Crippen LogP contribution in [0.4, 0.5) is 4.79 Å². The molecule has 1 heterocycles. The van der Waals surface area contributed by atoms with Crippen LogP contribution in [0, 0.1) is 0 Å². The molecule has 15 heavy (non-hydrogen) atoms. The number of aromatic hydroxyl groups is 1. The molecule has 5 heteroatoms. The highest BCUT2D eigenvalue weighted by atomic mass is 16.3. The summed E-state index contributed by atoms with van der Waals surface area (Å²) in [4.78, 5) is 22.6. The maximum atomic E-state index is 11.5. The van der Waals surface area contributed by atoms with Crippen LogP contribution in [0.1, 0.15) is 12.5 Å². The third-order valence-corrected chi connectivity index (χ3v) is 2.49. The average Bonchev–Trinajstić information content (AvgIpc) is 2.42. The fourth-order valence-corrected chi connectivity index (χ4v) is 1.54. The summed E-state index contributed by atoms with van der Waals surface area (Å²) in [5.74, 6) is -0.273. The Morgan fingerprint density at radius 3 is 2.27 bits per heavy atom. The molecule has 3 N–H and O–H groups in total. The van der Waals surface area contributed by atoms with Gasteiger partial charge >= 0.3 is 6.03 Å². The quantitative estimate of drug-likeness (QED) is 0.583. The number of amides is 3. The number of hydrogen-bond acceptors (Lipinski definition) is 3. The third kappa shape index (κ3) is 1.41. The number of carbonyl (C=O) groups excluding carboxylic acids is 2. The number of carbonyl (C=O) groups is 2. The molecule has 0 bridgehead atoms. The van der Waals surface area contributed by atoms with Crippen molar-refractivity contribution >= 4 is 11.9 Å². The Balaban J connectivity index is 2.41. The zero-order valence-electron chi connectivity index (χ0n) is 8.07. The molecule has 1 atom stereocenters. The van der Waals surface area contributed by atoms with Gasteiger partial charge in [-0.15, -0.1) is 0 Å². The molecule has 0 saturated carbocycles. The molecular formula is C10H10N2O3. The van der Waals surface area contributed by atoms with E-state index in [-0.39, 0.29) is 5.75 Å². The van der Waals surface area contributed by atoms with Crippen molar-refractivity contribution in [1.82, 2.24) is 10.6 Å². The van der Waals surface area contributed by atoms with E-state index in [1.54, 1.807) is 19.1 Å². The number of phenolic OH excluding ortho intramolecular Hbond substituents is 1. The largest absolute Gasteiger partial charge is 0.508 e. The van der Waals surface area contributed by atoms with Crippen LogP contribution in [0.3, 0.4) is 0 Å². The summed E-state index contributed by atoms with van der Waals surface area (Å²) in [6.45, 7) is 1.61. The summed E-state index contributed by atoms with van der Waals surface area (Å²) in [7, 11) is 0. The molecule has 1 unspecified atom stereocenters. The maximum Gasteiger partial charge on any atom is 0.322 e. The standard InChI is InChI=1S/C10H10N2O3/c1-10(8(14)11-9(15)12-10)6-2-4-7(13)5-3-6/h2-5,13H,1H3,(H2,11,12,14,15). The monoisotopic (exact) mass is 206 g/mol. The molecule has 78 valence electrons. The molecule has 1 aliphatic heterocycles. The lowest BCUT2D eigenvalue weighted by atomic mass is 9.92. The van der Waals surface area contributed by atoms with Crippen molar-refractivity contribution in [3.63, 3.8) is 0 Å². The highest BCUT2D eigenvalue weighted by molar-refractivity contribution is 6.07. The maximum absolute atomic E-state index is 11.5. The molecule has 1 aliphatic rings. The number of hydrogen-bond donors (Lipinski definition) is 3. The lowest BCUT2D eigenvalue weighted by Crippen LogP contribution is -2.40. The number of rotatable bonds is 1. The minimum Gasteiger partial charge on any atom is -0.508 e. The number of nitrogens with one attached hydrogen (secondary N) is 2. The molecule has 1 aromatic carbocycles. The Bertz CT molecular complexity index is 427. The van der Waals surface area contributed by atoms with Gasteiger partial charge in [0.05, 0.1) is 0 Å². The topological polar surface area (TPSA) is 78.4 Å². The second-order valence-corrected chi connectivity index (χ2v) is 3.58.